The molecule has 1 aromatic carbocycles. The third-order valence-electron chi connectivity index (χ3n) is 1.79. The normalized spacial score (nSPS) is 24.9. The van der Waals surface area contributed by atoms with Crippen molar-refractivity contribution in [3.05, 3.63) is 23.8 Å². The van der Waals surface area contributed by atoms with E-state index < -0.39 is 16.1 Å². The van der Waals surface area contributed by atoms with Crippen LogP contribution in [0.1, 0.15) is 6.92 Å². The molecular formula is C9H7BrF2O2. The van der Waals surface area contributed by atoms with Crippen molar-refractivity contribution in [1.82, 2.24) is 0 Å². The first-order valence-electron chi connectivity index (χ1n) is 3.98. The summed E-state index contributed by atoms with van der Waals surface area (Å²) >= 11 is 3.24. The minimum atomic E-state index is -0.947. The second-order valence-corrected chi connectivity index (χ2v) is 4.88. The molecule has 76 valence electrons. The molecule has 0 N–H and O–H groups in total. The average Bonchev–Trinajstić information content (AvgIpc) is 2.07. The van der Waals surface area contributed by atoms with Crippen LogP contribution in [-0.4, -0.2) is 11.1 Å². The second-order valence-electron chi connectivity index (χ2n) is 3.21. The Bertz CT molecular complexity index is 379. The first-order chi connectivity index (χ1) is 6.48. The van der Waals surface area contributed by atoms with E-state index in [-0.39, 0.29) is 18.1 Å². The Morgan fingerprint density at radius 2 is 1.86 bits per heavy atom. The summed E-state index contributed by atoms with van der Waals surface area (Å²) in [6.07, 6.45) is 0. The molecule has 1 unspecified atom stereocenters. The first kappa shape index (κ1) is 9.71. The van der Waals surface area contributed by atoms with Gasteiger partial charge < -0.3 is 9.47 Å². The maximum Gasteiger partial charge on any atom is 0.194 e. The Labute approximate surface area is 87.9 Å². The SMILES string of the molecule is CC1(Br)COc2cc(F)c(F)cc2O1. The standard InChI is InChI=1S/C9H7BrF2O2/c1-9(10)4-13-7-2-5(11)6(12)3-8(7)14-9/h2-3H,4H2,1H3. The van der Waals surface area contributed by atoms with Gasteiger partial charge in [-0.1, -0.05) is 0 Å². The maximum absolute atomic E-state index is 12.8. The summed E-state index contributed by atoms with van der Waals surface area (Å²) in [5, 5.41) is 0. The molecule has 5 heteroatoms. The topological polar surface area (TPSA) is 18.5 Å². The van der Waals surface area contributed by atoms with Gasteiger partial charge in [0.15, 0.2) is 27.6 Å². The summed E-state index contributed by atoms with van der Waals surface area (Å²) in [6, 6.07) is 1.95. The van der Waals surface area contributed by atoms with E-state index in [0.717, 1.165) is 12.1 Å². The van der Waals surface area contributed by atoms with Crippen LogP contribution in [0.3, 0.4) is 0 Å². The molecule has 1 heterocycles. The summed E-state index contributed by atoms with van der Waals surface area (Å²) in [5.74, 6) is -1.46. The zero-order chi connectivity index (χ0) is 10.3. The van der Waals surface area contributed by atoms with E-state index in [1.54, 1.807) is 6.92 Å². The number of ether oxygens (including phenoxy) is 2. The summed E-state index contributed by atoms with van der Waals surface area (Å²) in [4.78, 5) is 0. The minimum Gasteiger partial charge on any atom is -0.484 e. The van der Waals surface area contributed by atoms with Crippen LogP contribution in [0.25, 0.3) is 0 Å². The van der Waals surface area contributed by atoms with Crippen LogP contribution in [0.5, 0.6) is 11.5 Å². The molecule has 2 rings (SSSR count). The minimum absolute atomic E-state index is 0.203. The molecule has 1 aliphatic heterocycles. The molecule has 0 aliphatic carbocycles. The van der Waals surface area contributed by atoms with Gasteiger partial charge in [-0.15, -0.1) is 0 Å². The van der Waals surface area contributed by atoms with E-state index in [1.807, 2.05) is 0 Å². The van der Waals surface area contributed by atoms with Gasteiger partial charge in [0.05, 0.1) is 0 Å². The van der Waals surface area contributed by atoms with Crippen LogP contribution in [0.4, 0.5) is 8.78 Å². The van der Waals surface area contributed by atoms with Crippen LogP contribution in [0, 0.1) is 11.6 Å². The van der Waals surface area contributed by atoms with Crippen molar-refractivity contribution in [2.24, 2.45) is 0 Å². The molecule has 0 aromatic heterocycles. The summed E-state index contributed by atoms with van der Waals surface area (Å²) in [5.41, 5.74) is 0. The number of rotatable bonds is 0. The highest BCUT2D eigenvalue weighted by molar-refractivity contribution is 9.10. The van der Waals surface area contributed by atoms with Crippen LogP contribution in [-0.2, 0) is 0 Å². The lowest BCUT2D eigenvalue weighted by Gasteiger charge is -2.30. The van der Waals surface area contributed by atoms with Gasteiger partial charge in [-0.05, 0) is 22.9 Å². The van der Waals surface area contributed by atoms with Crippen LogP contribution < -0.4 is 9.47 Å². The molecular weight excluding hydrogens is 258 g/mol. The molecule has 0 spiro atoms. The van der Waals surface area contributed by atoms with E-state index in [2.05, 4.69) is 15.9 Å². The fourth-order valence-corrected chi connectivity index (χ4v) is 1.46. The van der Waals surface area contributed by atoms with Gasteiger partial charge in [-0.25, -0.2) is 8.78 Å². The number of alkyl halides is 1. The highest BCUT2D eigenvalue weighted by Gasteiger charge is 2.31. The molecule has 0 radical (unpaired) electrons. The van der Waals surface area contributed by atoms with Gasteiger partial charge in [0, 0.05) is 12.1 Å². The fourth-order valence-electron chi connectivity index (χ4n) is 1.17. The molecule has 0 bridgehead atoms. The zero-order valence-electron chi connectivity index (χ0n) is 7.31. The number of benzene rings is 1. The van der Waals surface area contributed by atoms with Crippen LogP contribution in [0.15, 0.2) is 12.1 Å². The van der Waals surface area contributed by atoms with Gasteiger partial charge in [0.1, 0.15) is 6.61 Å². The second kappa shape index (κ2) is 3.08. The molecule has 0 fully saturated rings. The highest BCUT2D eigenvalue weighted by atomic mass is 79.9. The number of halogens is 3. The van der Waals surface area contributed by atoms with E-state index in [1.165, 1.54) is 0 Å². The van der Waals surface area contributed by atoms with Crippen molar-refractivity contribution in [3.63, 3.8) is 0 Å². The van der Waals surface area contributed by atoms with Crippen LogP contribution in [0.2, 0.25) is 0 Å². The predicted molar refractivity (Wildman–Crippen MR) is 49.8 cm³/mol. The molecule has 2 nitrogen and oxygen atoms in total. The van der Waals surface area contributed by atoms with E-state index in [0.29, 0.717) is 0 Å². The Morgan fingerprint density at radius 1 is 1.29 bits per heavy atom. The molecule has 1 atom stereocenters. The van der Waals surface area contributed by atoms with E-state index >= 15 is 0 Å². The lowest BCUT2D eigenvalue weighted by Crippen LogP contribution is -2.35. The Hall–Kier alpha value is -0.840. The average molecular weight is 265 g/mol. The molecule has 14 heavy (non-hydrogen) atoms. The van der Waals surface area contributed by atoms with E-state index in [4.69, 9.17) is 9.47 Å². The van der Waals surface area contributed by atoms with Gasteiger partial charge in [-0.3, -0.25) is 0 Å². The Balaban J connectivity index is 2.43. The number of fused-ring (bicyclic) bond motifs is 1. The summed E-state index contributed by atoms with van der Waals surface area (Å²) in [6.45, 7) is 1.97. The number of hydrogen-bond acceptors (Lipinski definition) is 2. The van der Waals surface area contributed by atoms with Crippen molar-refractivity contribution in [2.75, 3.05) is 6.61 Å². The van der Waals surface area contributed by atoms with Crippen molar-refractivity contribution >= 4 is 15.9 Å². The van der Waals surface area contributed by atoms with Gasteiger partial charge in [0.2, 0.25) is 0 Å². The quantitative estimate of drug-likeness (QED) is 0.671. The largest absolute Gasteiger partial charge is 0.484 e. The third-order valence-corrected chi connectivity index (χ3v) is 2.19. The van der Waals surface area contributed by atoms with Crippen molar-refractivity contribution in [2.45, 2.75) is 11.4 Å². The monoisotopic (exact) mass is 264 g/mol. The Kier molecular flexibility index (Phi) is 2.14. The molecule has 0 saturated carbocycles. The summed E-state index contributed by atoms with van der Waals surface area (Å²) in [7, 11) is 0. The predicted octanol–water partition coefficient (Wildman–Crippen LogP) is 2.85. The fraction of sp³-hybridized carbons (Fsp3) is 0.333. The summed E-state index contributed by atoms with van der Waals surface area (Å²) < 4.78 is 35.5. The van der Waals surface area contributed by atoms with Crippen LogP contribution >= 0.6 is 15.9 Å². The molecule has 1 aliphatic rings. The lowest BCUT2D eigenvalue weighted by atomic mass is 10.2. The number of hydrogen-bond donors (Lipinski definition) is 0. The molecule has 1 aromatic rings. The Morgan fingerprint density at radius 3 is 2.50 bits per heavy atom. The highest BCUT2D eigenvalue weighted by Crippen LogP contribution is 2.38. The van der Waals surface area contributed by atoms with Gasteiger partial charge >= 0.3 is 0 Å². The first-order valence-corrected chi connectivity index (χ1v) is 4.77. The van der Waals surface area contributed by atoms with E-state index in [9.17, 15) is 8.78 Å². The van der Waals surface area contributed by atoms with Crippen molar-refractivity contribution in [3.8, 4) is 11.5 Å². The third kappa shape index (κ3) is 1.68. The molecule has 0 amide bonds. The van der Waals surface area contributed by atoms with Gasteiger partial charge in [0.25, 0.3) is 0 Å². The van der Waals surface area contributed by atoms with Crippen molar-refractivity contribution < 1.29 is 18.3 Å². The van der Waals surface area contributed by atoms with Crippen molar-refractivity contribution in [1.29, 1.82) is 0 Å². The zero-order valence-corrected chi connectivity index (χ0v) is 8.90. The lowest BCUT2D eigenvalue weighted by molar-refractivity contribution is 0.0820. The maximum atomic E-state index is 12.8. The van der Waals surface area contributed by atoms with Gasteiger partial charge in [-0.2, -0.15) is 0 Å². The molecule has 0 saturated heterocycles. The smallest absolute Gasteiger partial charge is 0.194 e.